The number of nitrogens with zero attached hydrogens (tertiary/aromatic N) is 5. The number of allylic oxidation sites excluding steroid dienone is 3. The van der Waals surface area contributed by atoms with Gasteiger partial charge in [-0.25, -0.2) is 9.97 Å². The molecule has 0 radical (unpaired) electrons. The number of likely N-dealkylation sites (tertiary alicyclic amines) is 1. The van der Waals surface area contributed by atoms with Gasteiger partial charge in [0.2, 0.25) is 5.95 Å². The van der Waals surface area contributed by atoms with Crippen LogP contribution in [0.2, 0.25) is 0 Å². The zero-order valence-electron chi connectivity index (χ0n) is 25.1. The molecule has 9 nitrogen and oxygen atoms in total. The zero-order valence-corrected chi connectivity index (χ0v) is 25.9. The fourth-order valence-corrected chi connectivity index (χ4v) is 7.34. The van der Waals surface area contributed by atoms with Crippen molar-refractivity contribution in [1.82, 2.24) is 24.4 Å². The number of hydrogen-bond acceptors (Lipinski definition) is 9. The van der Waals surface area contributed by atoms with Crippen LogP contribution < -0.4 is 15.6 Å². The molecule has 2 aliphatic heterocycles. The molecular formula is C34H38N6O3S. The van der Waals surface area contributed by atoms with Gasteiger partial charge in [-0.1, -0.05) is 12.7 Å². The lowest BCUT2D eigenvalue weighted by molar-refractivity contribution is 0.0808. The normalized spacial score (nSPS) is 19.4. The Balaban J connectivity index is 1.21. The van der Waals surface area contributed by atoms with Crippen molar-refractivity contribution in [3.05, 3.63) is 81.2 Å². The second-order valence-corrected chi connectivity index (χ2v) is 12.9. The van der Waals surface area contributed by atoms with E-state index in [1.165, 1.54) is 5.57 Å². The van der Waals surface area contributed by atoms with Crippen molar-refractivity contribution in [3.8, 4) is 5.75 Å². The quantitative estimate of drug-likeness (QED) is 0.242. The maximum atomic E-state index is 14.2. The molecule has 2 saturated heterocycles. The summed E-state index contributed by atoms with van der Waals surface area (Å²) in [5.74, 6) is 1.48. The molecule has 2 fully saturated rings. The number of rotatable bonds is 9. The lowest BCUT2D eigenvalue weighted by Gasteiger charge is -2.24. The SMILES string of the molecule is C=C(c1cc2cnc(Nc3ccc(OC4CCN(C)C4)cc3)nc2n(Cc2ncsc2C2=CCCC2)c1=O)C1CCOCC1. The summed E-state index contributed by atoms with van der Waals surface area (Å²) in [6.07, 6.45) is 10.4. The van der Waals surface area contributed by atoms with Gasteiger partial charge in [0.05, 0.1) is 22.6 Å². The highest BCUT2D eigenvalue weighted by atomic mass is 32.1. The molecule has 1 atom stereocenters. The number of aromatic nitrogens is 4. The van der Waals surface area contributed by atoms with Crippen molar-refractivity contribution in [1.29, 1.82) is 0 Å². The number of ether oxygens (including phenoxy) is 2. The van der Waals surface area contributed by atoms with Crippen LogP contribution in [0.15, 0.2) is 59.5 Å². The highest BCUT2D eigenvalue weighted by Gasteiger charge is 2.24. The Kier molecular flexibility index (Phi) is 8.29. The van der Waals surface area contributed by atoms with Gasteiger partial charge in [0.1, 0.15) is 17.5 Å². The molecule has 10 heteroatoms. The summed E-state index contributed by atoms with van der Waals surface area (Å²) in [6, 6.07) is 9.77. The van der Waals surface area contributed by atoms with Crippen molar-refractivity contribution >= 4 is 45.2 Å². The van der Waals surface area contributed by atoms with Gasteiger partial charge in [-0.15, -0.1) is 11.3 Å². The van der Waals surface area contributed by atoms with E-state index in [-0.39, 0.29) is 17.6 Å². The lowest BCUT2D eigenvalue weighted by atomic mass is 9.88. The van der Waals surface area contributed by atoms with Gasteiger partial charge >= 0.3 is 0 Å². The highest BCUT2D eigenvalue weighted by Crippen LogP contribution is 2.34. The first kappa shape index (κ1) is 28.9. The van der Waals surface area contributed by atoms with Crippen molar-refractivity contribution in [3.63, 3.8) is 0 Å². The van der Waals surface area contributed by atoms with Gasteiger partial charge in [0.15, 0.2) is 0 Å². The van der Waals surface area contributed by atoms with Crippen LogP contribution in [0, 0.1) is 5.92 Å². The highest BCUT2D eigenvalue weighted by molar-refractivity contribution is 7.10. The summed E-state index contributed by atoms with van der Waals surface area (Å²) in [5, 5.41) is 4.11. The minimum absolute atomic E-state index is 0.1000. The molecule has 0 spiro atoms. The predicted octanol–water partition coefficient (Wildman–Crippen LogP) is 6.13. The maximum Gasteiger partial charge on any atom is 0.260 e. The number of pyridine rings is 1. The van der Waals surface area contributed by atoms with Crippen molar-refractivity contribution in [2.75, 3.05) is 38.7 Å². The number of benzene rings is 1. The molecule has 1 unspecified atom stereocenters. The van der Waals surface area contributed by atoms with Crippen LogP contribution >= 0.6 is 11.3 Å². The Morgan fingerprint density at radius 3 is 2.77 bits per heavy atom. The summed E-state index contributed by atoms with van der Waals surface area (Å²) in [4.78, 5) is 31.9. The first-order valence-electron chi connectivity index (χ1n) is 15.5. The largest absolute Gasteiger partial charge is 0.489 e. The summed E-state index contributed by atoms with van der Waals surface area (Å²) in [7, 11) is 2.12. The van der Waals surface area contributed by atoms with E-state index in [0.717, 1.165) is 84.6 Å². The Labute approximate surface area is 261 Å². The Bertz CT molecular complexity index is 1760. The van der Waals surface area contributed by atoms with Crippen molar-refractivity contribution in [2.24, 2.45) is 5.92 Å². The summed E-state index contributed by atoms with van der Waals surface area (Å²) < 4.78 is 13.5. The molecule has 0 amide bonds. The fourth-order valence-electron chi connectivity index (χ4n) is 6.46. The monoisotopic (exact) mass is 610 g/mol. The van der Waals surface area contributed by atoms with E-state index in [0.29, 0.717) is 36.9 Å². The molecule has 228 valence electrons. The molecule has 1 N–H and O–H groups in total. The second-order valence-electron chi connectivity index (χ2n) is 12.0. The predicted molar refractivity (Wildman–Crippen MR) is 176 cm³/mol. The fraction of sp³-hybridized carbons (Fsp3) is 0.412. The standard InChI is InChI=1S/C34H38N6O3S/c1-22(23-12-15-42-16-13-23)29-17-25-18-35-34(37-26-7-9-27(10-8-26)43-28-11-14-39(2)19-28)38-32(25)40(33(29)41)20-30-31(44-21-36-30)24-5-3-4-6-24/h5,7-10,17-18,21,23,28H,1,3-4,6,11-16,19-20H2,2H3,(H,35,37,38). The van der Waals surface area contributed by atoms with Crippen LogP contribution in [0.5, 0.6) is 5.75 Å². The summed E-state index contributed by atoms with van der Waals surface area (Å²) in [6.45, 7) is 8.10. The molecule has 1 aliphatic carbocycles. The molecule has 3 aliphatic rings. The van der Waals surface area contributed by atoms with E-state index in [4.69, 9.17) is 19.4 Å². The molecular weight excluding hydrogens is 572 g/mol. The number of nitrogens with one attached hydrogen (secondary N) is 1. The van der Waals surface area contributed by atoms with E-state index in [2.05, 4.69) is 34.9 Å². The van der Waals surface area contributed by atoms with Gasteiger partial charge < -0.3 is 19.7 Å². The van der Waals surface area contributed by atoms with Crippen LogP contribution in [0.25, 0.3) is 22.2 Å². The third-order valence-electron chi connectivity index (χ3n) is 8.93. The minimum atomic E-state index is -0.1000. The number of thiazole rings is 1. The molecule has 0 bridgehead atoms. The van der Waals surface area contributed by atoms with Crippen LogP contribution in [-0.2, 0) is 11.3 Å². The summed E-state index contributed by atoms with van der Waals surface area (Å²) in [5.41, 5.74) is 6.90. The van der Waals surface area contributed by atoms with Crippen LogP contribution in [-0.4, -0.2) is 63.9 Å². The number of anilines is 2. The Morgan fingerprint density at radius 2 is 2.02 bits per heavy atom. The Morgan fingerprint density at radius 1 is 1.18 bits per heavy atom. The molecule has 44 heavy (non-hydrogen) atoms. The first-order valence-corrected chi connectivity index (χ1v) is 16.4. The topological polar surface area (TPSA) is 94.4 Å². The molecule has 4 aromatic rings. The van der Waals surface area contributed by atoms with Crippen LogP contribution in [0.4, 0.5) is 11.6 Å². The maximum absolute atomic E-state index is 14.2. The smallest absolute Gasteiger partial charge is 0.260 e. The zero-order chi connectivity index (χ0) is 30.0. The molecule has 1 aromatic carbocycles. The van der Waals surface area contributed by atoms with Gasteiger partial charge in [-0.2, -0.15) is 4.98 Å². The van der Waals surface area contributed by atoms with E-state index in [1.54, 1.807) is 22.1 Å². The van der Waals surface area contributed by atoms with Crippen LogP contribution in [0.1, 0.15) is 54.7 Å². The lowest BCUT2D eigenvalue weighted by Crippen LogP contribution is -2.28. The average molecular weight is 611 g/mol. The molecule has 5 heterocycles. The average Bonchev–Trinajstić information content (AvgIpc) is 3.82. The number of fused-ring (bicyclic) bond motifs is 1. The Hall–Kier alpha value is -3.86. The molecule has 0 saturated carbocycles. The van der Waals surface area contributed by atoms with E-state index in [1.807, 2.05) is 35.8 Å². The van der Waals surface area contributed by atoms with Gasteiger partial charge in [-0.05, 0) is 93.0 Å². The van der Waals surface area contributed by atoms with E-state index < -0.39 is 0 Å². The first-order chi connectivity index (χ1) is 21.5. The number of hydrogen-bond donors (Lipinski definition) is 1. The van der Waals surface area contributed by atoms with Crippen molar-refractivity contribution < 1.29 is 9.47 Å². The van der Waals surface area contributed by atoms with Gasteiger partial charge in [0, 0.05) is 49.1 Å². The third kappa shape index (κ3) is 6.06. The third-order valence-corrected chi connectivity index (χ3v) is 9.87. The van der Waals surface area contributed by atoms with Gasteiger partial charge in [0.25, 0.3) is 5.56 Å². The van der Waals surface area contributed by atoms with Crippen LogP contribution in [0.3, 0.4) is 0 Å². The van der Waals surface area contributed by atoms with Gasteiger partial charge in [-0.3, -0.25) is 9.36 Å². The van der Waals surface area contributed by atoms with Crippen molar-refractivity contribution in [2.45, 2.75) is 51.2 Å². The summed E-state index contributed by atoms with van der Waals surface area (Å²) >= 11 is 1.64. The molecule has 3 aromatic heterocycles. The van der Waals surface area contributed by atoms with E-state index in [9.17, 15) is 4.79 Å². The second kappa shape index (κ2) is 12.6. The number of likely N-dealkylation sites (N-methyl/N-ethyl adjacent to an activating group) is 1. The minimum Gasteiger partial charge on any atom is -0.489 e. The molecule has 7 rings (SSSR count). The van der Waals surface area contributed by atoms with E-state index >= 15 is 0 Å².